The van der Waals surface area contributed by atoms with E-state index in [1.54, 1.807) is 7.11 Å². The van der Waals surface area contributed by atoms with Crippen LogP contribution in [0.25, 0.3) is 0 Å². The molecule has 0 aromatic heterocycles. The summed E-state index contributed by atoms with van der Waals surface area (Å²) < 4.78 is 10.8. The van der Waals surface area contributed by atoms with E-state index in [0.717, 1.165) is 42.9 Å². The summed E-state index contributed by atoms with van der Waals surface area (Å²) in [5.41, 5.74) is 1.04. The number of anilines is 1. The first-order valence-corrected chi connectivity index (χ1v) is 6.98. The topological polar surface area (TPSA) is 50.7 Å². The Bertz CT molecular complexity index is 400. The van der Waals surface area contributed by atoms with Crippen molar-refractivity contribution < 1.29 is 14.6 Å². The maximum Gasteiger partial charge on any atom is 0.162 e. The van der Waals surface area contributed by atoms with Gasteiger partial charge in [-0.1, -0.05) is 0 Å². The molecule has 4 nitrogen and oxygen atoms in total. The van der Waals surface area contributed by atoms with Gasteiger partial charge in [-0.3, -0.25) is 0 Å². The molecule has 1 saturated carbocycles. The van der Waals surface area contributed by atoms with Crippen molar-refractivity contribution >= 4 is 5.69 Å². The van der Waals surface area contributed by atoms with E-state index in [-0.39, 0.29) is 6.10 Å². The van der Waals surface area contributed by atoms with Crippen LogP contribution in [0, 0.1) is 0 Å². The Hall–Kier alpha value is -1.42. The number of rotatable bonds is 5. The zero-order valence-electron chi connectivity index (χ0n) is 11.7. The molecule has 0 atom stereocenters. The van der Waals surface area contributed by atoms with Crippen LogP contribution in [0.4, 0.5) is 5.69 Å². The predicted molar refractivity (Wildman–Crippen MR) is 76.0 cm³/mol. The minimum absolute atomic E-state index is 0.118. The molecule has 0 aliphatic heterocycles. The van der Waals surface area contributed by atoms with E-state index in [4.69, 9.17) is 9.47 Å². The van der Waals surface area contributed by atoms with Crippen molar-refractivity contribution in [2.75, 3.05) is 19.0 Å². The van der Waals surface area contributed by atoms with Gasteiger partial charge in [0, 0.05) is 17.8 Å². The molecule has 0 unspecified atom stereocenters. The Morgan fingerprint density at radius 3 is 2.58 bits per heavy atom. The average Bonchev–Trinajstić information content (AvgIpc) is 2.43. The fourth-order valence-electron chi connectivity index (χ4n) is 2.49. The summed E-state index contributed by atoms with van der Waals surface area (Å²) in [4.78, 5) is 0. The Balaban J connectivity index is 2.00. The monoisotopic (exact) mass is 265 g/mol. The van der Waals surface area contributed by atoms with Gasteiger partial charge in [-0.15, -0.1) is 0 Å². The first kappa shape index (κ1) is 14.0. The van der Waals surface area contributed by atoms with Crippen molar-refractivity contribution in [2.24, 2.45) is 0 Å². The summed E-state index contributed by atoms with van der Waals surface area (Å²) >= 11 is 0. The van der Waals surface area contributed by atoms with Gasteiger partial charge >= 0.3 is 0 Å². The molecular formula is C15H23NO3. The minimum Gasteiger partial charge on any atom is -0.493 e. The van der Waals surface area contributed by atoms with E-state index in [1.807, 2.05) is 25.1 Å². The standard InChI is InChI=1S/C15H23NO3/c1-3-19-14-9-6-12(10-15(14)18-2)16-11-4-7-13(17)8-5-11/h6,9-11,13,16-17H,3-5,7-8H2,1-2H3. The van der Waals surface area contributed by atoms with Gasteiger partial charge in [0.25, 0.3) is 0 Å². The first-order chi connectivity index (χ1) is 9.22. The van der Waals surface area contributed by atoms with Crippen LogP contribution in [0.1, 0.15) is 32.6 Å². The van der Waals surface area contributed by atoms with E-state index in [9.17, 15) is 5.11 Å². The predicted octanol–water partition coefficient (Wildman–Crippen LogP) is 2.81. The molecule has 0 heterocycles. The number of aliphatic hydroxyl groups is 1. The second-order valence-electron chi connectivity index (χ2n) is 4.95. The highest BCUT2D eigenvalue weighted by Crippen LogP contribution is 2.31. The van der Waals surface area contributed by atoms with E-state index in [0.29, 0.717) is 12.6 Å². The van der Waals surface area contributed by atoms with Gasteiger partial charge in [0.15, 0.2) is 11.5 Å². The molecule has 0 amide bonds. The number of benzene rings is 1. The first-order valence-electron chi connectivity index (χ1n) is 6.98. The lowest BCUT2D eigenvalue weighted by Gasteiger charge is -2.27. The SMILES string of the molecule is CCOc1ccc(NC2CCC(O)CC2)cc1OC. The quantitative estimate of drug-likeness (QED) is 0.859. The Labute approximate surface area is 114 Å². The summed E-state index contributed by atoms with van der Waals surface area (Å²) in [6.07, 6.45) is 3.67. The third-order valence-electron chi connectivity index (χ3n) is 3.53. The number of nitrogens with one attached hydrogen (secondary N) is 1. The van der Waals surface area contributed by atoms with Crippen LogP contribution in [0.3, 0.4) is 0 Å². The van der Waals surface area contributed by atoms with Crippen molar-refractivity contribution in [3.63, 3.8) is 0 Å². The van der Waals surface area contributed by atoms with Crippen LogP contribution < -0.4 is 14.8 Å². The molecule has 1 aromatic carbocycles. The van der Waals surface area contributed by atoms with Crippen molar-refractivity contribution in [3.8, 4) is 11.5 Å². The molecule has 1 aliphatic carbocycles. The highest BCUT2D eigenvalue weighted by Gasteiger charge is 2.19. The Morgan fingerprint density at radius 2 is 1.95 bits per heavy atom. The molecule has 4 heteroatoms. The average molecular weight is 265 g/mol. The molecular weight excluding hydrogens is 242 g/mol. The Kier molecular flexibility index (Phi) is 4.91. The van der Waals surface area contributed by atoms with Gasteiger partial charge in [0.05, 0.1) is 19.8 Å². The number of hydrogen-bond acceptors (Lipinski definition) is 4. The molecule has 0 bridgehead atoms. The summed E-state index contributed by atoms with van der Waals surface area (Å²) in [6.45, 7) is 2.59. The number of methoxy groups -OCH3 is 1. The van der Waals surface area contributed by atoms with Crippen molar-refractivity contribution in [3.05, 3.63) is 18.2 Å². The molecule has 0 radical (unpaired) electrons. The lowest BCUT2D eigenvalue weighted by molar-refractivity contribution is 0.126. The molecule has 106 valence electrons. The van der Waals surface area contributed by atoms with E-state index in [2.05, 4.69) is 5.32 Å². The van der Waals surface area contributed by atoms with Gasteiger partial charge in [-0.05, 0) is 44.7 Å². The highest BCUT2D eigenvalue weighted by atomic mass is 16.5. The maximum atomic E-state index is 9.51. The third kappa shape index (κ3) is 3.77. The Morgan fingerprint density at radius 1 is 1.21 bits per heavy atom. The zero-order valence-corrected chi connectivity index (χ0v) is 11.7. The maximum absolute atomic E-state index is 9.51. The molecule has 2 rings (SSSR count). The number of ether oxygens (including phenoxy) is 2. The van der Waals surface area contributed by atoms with Gasteiger partial charge < -0.3 is 19.9 Å². The molecule has 1 aromatic rings. The minimum atomic E-state index is -0.118. The summed E-state index contributed by atoms with van der Waals surface area (Å²) in [7, 11) is 1.65. The van der Waals surface area contributed by atoms with Crippen LogP contribution in [0.2, 0.25) is 0 Å². The highest BCUT2D eigenvalue weighted by molar-refractivity contribution is 5.55. The van der Waals surface area contributed by atoms with Crippen LogP contribution >= 0.6 is 0 Å². The second kappa shape index (κ2) is 6.66. The summed E-state index contributed by atoms with van der Waals surface area (Å²) in [5.74, 6) is 1.53. The lowest BCUT2D eigenvalue weighted by Crippen LogP contribution is -2.28. The molecule has 1 aliphatic rings. The largest absolute Gasteiger partial charge is 0.493 e. The molecule has 0 spiro atoms. The van der Waals surface area contributed by atoms with Gasteiger partial charge in [0.2, 0.25) is 0 Å². The van der Waals surface area contributed by atoms with E-state index < -0.39 is 0 Å². The van der Waals surface area contributed by atoms with Crippen molar-refractivity contribution in [1.29, 1.82) is 0 Å². The zero-order chi connectivity index (χ0) is 13.7. The molecule has 1 fully saturated rings. The fraction of sp³-hybridized carbons (Fsp3) is 0.600. The van der Waals surface area contributed by atoms with Gasteiger partial charge in [-0.2, -0.15) is 0 Å². The number of hydrogen-bond donors (Lipinski definition) is 2. The van der Waals surface area contributed by atoms with Crippen molar-refractivity contribution in [1.82, 2.24) is 0 Å². The van der Waals surface area contributed by atoms with Crippen molar-refractivity contribution in [2.45, 2.75) is 44.8 Å². The number of aliphatic hydroxyl groups excluding tert-OH is 1. The summed E-state index contributed by atoms with van der Waals surface area (Å²) in [5, 5.41) is 13.0. The van der Waals surface area contributed by atoms with Gasteiger partial charge in [-0.25, -0.2) is 0 Å². The third-order valence-corrected chi connectivity index (χ3v) is 3.53. The van der Waals surface area contributed by atoms with E-state index >= 15 is 0 Å². The molecule has 19 heavy (non-hydrogen) atoms. The van der Waals surface area contributed by atoms with Crippen LogP contribution in [-0.4, -0.2) is 31.0 Å². The van der Waals surface area contributed by atoms with Crippen LogP contribution in [0.15, 0.2) is 18.2 Å². The van der Waals surface area contributed by atoms with Crippen LogP contribution in [-0.2, 0) is 0 Å². The molecule has 2 N–H and O–H groups in total. The molecule has 0 saturated heterocycles. The smallest absolute Gasteiger partial charge is 0.162 e. The second-order valence-corrected chi connectivity index (χ2v) is 4.95. The van der Waals surface area contributed by atoms with Crippen LogP contribution in [0.5, 0.6) is 11.5 Å². The fourth-order valence-corrected chi connectivity index (χ4v) is 2.49. The van der Waals surface area contributed by atoms with E-state index in [1.165, 1.54) is 0 Å². The summed E-state index contributed by atoms with van der Waals surface area (Å²) in [6, 6.07) is 6.35. The van der Waals surface area contributed by atoms with Gasteiger partial charge in [0.1, 0.15) is 0 Å². The normalized spacial score (nSPS) is 22.9. The lowest BCUT2D eigenvalue weighted by atomic mass is 9.93.